The Kier molecular flexibility index (Phi) is 5.34. The number of hydrogen-bond acceptors (Lipinski definition) is 3. The third kappa shape index (κ3) is 4.35. The molecule has 2 aromatic rings. The van der Waals surface area contributed by atoms with Crippen molar-refractivity contribution in [2.45, 2.75) is 38.4 Å². The molecule has 0 heterocycles. The molecule has 1 saturated carbocycles. The fourth-order valence-corrected chi connectivity index (χ4v) is 3.13. The maximum absolute atomic E-state index is 12.4. The molecule has 3 rings (SSSR count). The van der Waals surface area contributed by atoms with E-state index in [1.54, 1.807) is 12.1 Å². The Morgan fingerprint density at radius 3 is 2.52 bits per heavy atom. The van der Waals surface area contributed by atoms with Crippen LogP contribution in [0.25, 0.3) is 0 Å². The van der Waals surface area contributed by atoms with Gasteiger partial charge >= 0.3 is 0 Å². The molecule has 1 aliphatic rings. The van der Waals surface area contributed by atoms with Gasteiger partial charge in [0, 0.05) is 0 Å². The molecule has 0 N–H and O–H groups in total. The normalized spacial score (nSPS) is 14.7. The van der Waals surface area contributed by atoms with Gasteiger partial charge in [0.05, 0.1) is 10.6 Å². The first-order valence-corrected chi connectivity index (χ1v) is 8.69. The standard InChI is InChI=1S/C19H19BrO3/c20-17-12-16(23-15-8-4-5-9-15)10-11-18(19(17)21)22-13-14-6-2-1-3-7-14/h1-3,6-7,10-12,15H,4-5,8-9,13H2. The van der Waals surface area contributed by atoms with Gasteiger partial charge in [-0.1, -0.05) is 30.3 Å². The van der Waals surface area contributed by atoms with Crippen LogP contribution in [0.15, 0.2) is 57.8 Å². The van der Waals surface area contributed by atoms with Crippen LogP contribution >= 0.6 is 15.9 Å². The van der Waals surface area contributed by atoms with Crippen molar-refractivity contribution in [1.82, 2.24) is 0 Å². The third-order valence-electron chi connectivity index (χ3n) is 3.95. The second kappa shape index (κ2) is 7.64. The predicted octanol–water partition coefficient (Wildman–Crippen LogP) is 4.71. The zero-order chi connectivity index (χ0) is 16.1. The molecule has 1 aliphatic carbocycles. The van der Waals surface area contributed by atoms with Crippen molar-refractivity contribution >= 4 is 15.9 Å². The molecule has 0 spiro atoms. The summed E-state index contributed by atoms with van der Waals surface area (Å²) in [6.07, 6.45) is 4.84. The van der Waals surface area contributed by atoms with E-state index in [-0.39, 0.29) is 11.5 Å². The SMILES string of the molecule is O=c1c(Br)cc(OC2CCCC2)ccc1OCc1ccccc1. The lowest BCUT2D eigenvalue weighted by molar-refractivity contribution is 0.210. The summed E-state index contributed by atoms with van der Waals surface area (Å²) < 4.78 is 12.1. The van der Waals surface area contributed by atoms with E-state index in [2.05, 4.69) is 15.9 Å². The smallest absolute Gasteiger partial charge is 0.234 e. The van der Waals surface area contributed by atoms with Gasteiger partial charge in [-0.05, 0) is 65.4 Å². The molecule has 0 bridgehead atoms. The molecule has 0 unspecified atom stereocenters. The van der Waals surface area contributed by atoms with Crippen LogP contribution in [0.5, 0.6) is 11.5 Å². The molecule has 23 heavy (non-hydrogen) atoms. The highest BCUT2D eigenvalue weighted by Crippen LogP contribution is 2.25. The van der Waals surface area contributed by atoms with E-state index in [0.29, 0.717) is 22.6 Å². The van der Waals surface area contributed by atoms with Crippen molar-refractivity contribution in [3.8, 4) is 11.5 Å². The molecular weight excluding hydrogens is 356 g/mol. The Morgan fingerprint density at radius 1 is 1.04 bits per heavy atom. The highest BCUT2D eigenvalue weighted by Gasteiger charge is 2.16. The van der Waals surface area contributed by atoms with Crippen molar-refractivity contribution in [2.75, 3.05) is 0 Å². The summed E-state index contributed by atoms with van der Waals surface area (Å²) in [6.45, 7) is 0.366. The summed E-state index contributed by atoms with van der Waals surface area (Å²) in [5, 5.41) is 0. The van der Waals surface area contributed by atoms with Crippen LogP contribution < -0.4 is 14.9 Å². The summed E-state index contributed by atoms with van der Waals surface area (Å²) >= 11 is 3.33. The highest BCUT2D eigenvalue weighted by molar-refractivity contribution is 9.10. The van der Waals surface area contributed by atoms with E-state index in [1.807, 2.05) is 36.4 Å². The molecular formula is C19H19BrO3. The molecule has 0 aromatic heterocycles. The van der Waals surface area contributed by atoms with Gasteiger partial charge in [0.25, 0.3) is 0 Å². The summed E-state index contributed by atoms with van der Waals surface area (Å²) in [6, 6.07) is 15.0. The lowest BCUT2D eigenvalue weighted by Crippen LogP contribution is -2.10. The first kappa shape index (κ1) is 16.1. The fourth-order valence-electron chi connectivity index (χ4n) is 2.71. The number of rotatable bonds is 5. The second-order valence-electron chi connectivity index (χ2n) is 5.72. The lowest BCUT2D eigenvalue weighted by Gasteiger charge is -2.11. The molecule has 1 fully saturated rings. The van der Waals surface area contributed by atoms with E-state index < -0.39 is 0 Å². The molecule has 0 amide bonds. The minimum absolute atomic E-state index is 0.165. The Morgan fingerprint density at radius 2 is 1.78 bits per heavy atom. The van der Waals surface area contributed by atoms with E-state index in [4.69, 9.17) is 9.47 Å². The van der Waals surface area contributed by atoms with Crippen molar-refractivity contribution in [3.05, 3.63) is 68.8 Å². The van der Waals surface area contributed by atoms with Gasteiger partial charge in [-0.25, -0.2) is 0 Å². The fraction of sp³-hybridized carbons (Fsp3) is 0.316. The van der Waals surface area contributed by atoms with Crippen LogP contribution in [0.4, 0.5) is 0 Å². The largest absolute Gasteiger partial charge is 0.490 e. The van der Waals surface area contributed by atoms with Crippen LogP contribution in [0.1, 0.15) is 31.2 Å². The quantitative estimate of drug-likeness (QED) is 0.759. The van der Waals surface area contributed by atoms with Crippen LogP contribution in [0.2, 0.25) is 0 Å². The molecule has 2 aromatic carbocycles. The van der Waals surface area contributed by atoms with Crippen molar-refractivity contribution in [3.63, 3.8) is 0 Å². The first-order valence-electron chi connectivity index (χ1n) is 7.89. The van der Waals surface area contributed by atoms with Gasteiger partial charge in [-0.15, -0.1) is 0 Å². The third-order valence-corrected chi connectivity index (χ3v) is 4.54. The highest BCUT2D eigenvalue weighted by atomic mass is 79.9. The molecule has 0 radical (unpaired) electrons. The van der Waals surface area contributed by atoms with Crippen LogP contribution in [0, 0.1) is 0 Å². The van der Waals surface area contributed by atoms with Crippen LogP contribution in [-0.2, 0) is 6.61 Å². The number of halogens is 1. The van der Waals surface area contributed by atoms with E-state index in [1.165, 1.54) is 12.8 Å². The van der Waals surface area contributed by atoms with E-state index in [9.17, 15) is 4.79 Å². The Bertz CT molecular complexity index is 709. The molecule has 3 nitrogen and oxygen atoms in total. The summed E-state index contributed by atoms with van der Waals surface area (Å²) in [7, 11) is 0. The minimum Gasteiger partial charge on any atom is -0.490 e. The van der Waals surface area contributed by atoms with Gasteiger partial charge in [0.15, 0.2) is 5.75 Å². The van der Waals surface area contributed by atoms with Crippen molar-refractivity contribution in [2.24, 2.45) is 0 Å². The first-order chi connectivity index (χ1) is 11.2. The van der Waals surface area contributed by atoms with Crippen LogP contribution in [-0.4, -0.2) is 6.10 Å². The van der Waals surface area contributed by atoms with E-state index >= 15 is 0 Å². The number of ether oxygens (including phenoxy) is 2. The van der Waals surface area contributed by atoms with Gasteiger partial charge in [0.1, 0.15) is 12.4 Å². The Labute approximate surface area is 144 Å². The van der Waals surface area contributed by atoms with Gasteiger partial charge < -0.3 is 9.47 Å². The number of benzene rings is 1. The predicted molar refractivity (Wildman–Crippen MR) is 94.1 cm³/mol. The maximum Gasteiger partial charge on any atom is 0.234 e. The average molecular weight is 375 g/mol. The Balaban J connectivity index is 1.76. The van der Waals surface area contributed by atoms with Crippen LogP contribution in [0.3, 0.4) is 0 Å². The second-order valence-corrected chi connectivity index (χ2v) is 6.57. The lowest BCUT2D eigenvalue weighted by atomic mass is 10.2. The summed E-state index contributed by atoms with van der Waals surface area (Å²) in [5.74, 6) is 1.03. The van der Waals surface area contributed by atoms with Crippen molar-refractivity contribution < 1.29 is 9.47 Å². The zero-order valence-corrected chi connectivity index (χ0v) is 14.4. The molecule has 120 valence electrons. The minimum atomic E-state index is -0.165. The molecule has 0 saturated heterocycles. The zero-order valence-electron chi connectivity index (χ0n) is 12.8. The van der Waals surface area contributed by atoms with Crippen molar-refractivity contribution in [1.29, 1.82) is 0 Å². The number of hydrogen-bond donors (Lipinski definition) is 0. The van der Waals surface area contributed by atoms with Gasteiger partial charge in [-0.3, -0.25) is 4.79 Å². The topological polar surface area (TPSA) is 35.5 Å². The summed E-state index contributed by atoms with van der Waals surface area (Å²) in [5.41, 5.74) is 0.860. The molecule has 4 heteroatoms. The van der Waals surface area contributed by atoms with E-state index in [0.717, 1.165) is 18.4 Å². The monoisotopic (exact) mass is 374 g/mol. The van der Waals surface area contributed by atoms with Gasteiger partial charge in [-0.2, -0.15) is 0 Å². The molecule has 0 atom stereocenters. The van der Waals surface area contributed by atoms with Gasteiger partial charge in [0.2, 0.25) is 5.43 Å². The summed E-state index contributed by atoms with van der Waals surface area (Å²) in [4.78, 5) is 12.4. The average Bonchev–Trinajstić information content (AvgIpc) is 3.03. The maximum atomic E-state index is 12.4. The molecule has 0 aliphatic heterocycles. The Hall–Kier alpha value is -1.81.